The highest BCUT2D eigenvalue weighted by atomic mass is 16.5. The zero-order valence-corrected chi connectivity index (χ0v) is 54.3. The Bertz CT molecular complexity index is 1400. The average molecular weight is 1130 g/mol. The first kappa shape index (κ1) is 78.6. The first-order valence-corrected chi connectivity index (χ1v) is 36.1. The number of nitrogens with one attached hydrogen (secondary N) is 1. The highest BCUT2D eigenvalue weighted by Gasteiger charge is 2.18. The Kier molecular flexibility index (Phi) is 67.9. The van der Waals surface area contributed by atoms with Gasteiger partial charge in [-0.3, -0.25) is 9.59 Å². The molecule has 81 heavy (non-hydrogen) atoms. The van der Waals surface area contributed by atoms with Crippen molar-refractivity contribution in [3.05, 3.63) is 60.8 Å². The fourth-order valence-electron chi connectivity index (χ4n) is 11.0. The van der Waals surface area contributed by atoms with E-state index in [1.54, 1.807) is 6.08 Å². The van der Waals surface area contributed by atoms with Gasteiger partial charge in [-0.15, -0.1) is 0 Å². The second-order valence-electron chi connectivity index (χ2n) is 24.6. The molecule has 0 rings (SSSR count). The van der Waals surface area contributed by atoms with Crippen LogP contribution in [0.5, 0.6) is 0 Å². The van der Waals surface area contributed by atoms with Gasteiger partial charge >= 0.3 is 5.97 Å². The van der Waals surface area contributed by atoms with E-state index < -0.39 is 12.1 Å². The van der Waals surface area contributed by atoms with E-state index in [9.17, 15) is 19.8 Å². The number of unbranched alkanes of at least 4 members (excludes halogenated alkanes) is 48. The van der Waals surface area contributed by atoms with E-state index in [0.717, 1.165) is 57.8 Å². The van der Waals surface area contributed by atoms with Crippen molar-refractivity contribution in [3.63, 3.8) is 0 Å². The molecule has 6 heteroatoms. The van der Waals surface area contributed by atoms with Crippen molar-refractivity contribution in [3.8, 4) is 0 Å². The molecule has 0 heterocycles. The zero-order valence-electron chi connectivity index (χ0n) is 54.3. The van der Waals surface area contributed by atoms with E-state index in [-0.39, 0.29) is 18.5 Å². The molecule has 0 saturated heterocycles. The minimum Gasteiger partial charge on any atom is -0.466 e. The first-order chi connectivity index (χ1) is 40.0. The largest absolute Gasteiger partial charge is 0.466 e. The summed E-state index contributed by atoms with van der Waals surface area (Å²) >= 11 is 0. The highest BCUT2D eigenvalue weighted by Crippen LogP contribution is 2.18. The van der Waals surface area contributed by atoms with Crippen molar-refractivity contribution in [1.29, 1.82) is 0 Å². The number of esters is 1. The van der Waals surface area contributed by atoms with Crippen molar-refractivity contribution < 1.29 is 24.5 Å². The predicted octanol–water partition coefficient (Wildman–Crippen LogP) is 23.4. The summed E-state index contributed by atoms with van der Waals surface area (Å²) in [4.78, 5) is 24.6. The van der Waals surface area contributed by atoms with Crippen LogP contribution in [0, 0.1) is 0 Å². The van der Waals surface area contributed by atoms with Gasteiger partial charge in [0.15, 0.2) is 0 Å². The van der Waals surface area contributed by atoms with Gasteiger partial charge in [0.25, 0.3) is 0 Å². The molecule has 0 spiro atoms. The number of carbonyl (C=O) groups excluding carboxylic acids is 2. The maximum absolute atomic E-state index is 12.5. The number of aliphatic hydroxyl groups is 2. The summed E-state index contributed by atoms with van der Waals surface area (Å²) in [5, 5.41) is 23.3. The quantitative estimate of drug-likeness (QED) is 0.0320. The molecule has 0 aromatic carbocycles. The number of hydrogen-bond donors (Lipinski definition) is 3. The normalized spacial score (nSPS) is 12.9. The van der Waals surface area contributed by atoms with Gasteiger partial charge in [0, 0.05) is 12.8 Å². The molecular formula is C75H139NO5. The molecule has 0 aliphatic rings. The second-order valence-corrected chi connectivity index (χ2v) is 24.6. The lowest BCUT2D eigenvalue weighted by molar-refractivity contribution is -0.143. The number of allylic oxidation sites excluding steroid dienone is 9. The molecule has 0 aromatic heterocycles. The molecule has 0 saturated carbocycles. The van der Waals surface area contributed by atoms with Gasteiger partial charge in [-0.05, 0) is 96.3 Å². The Labute approximate surface area is 505 Å². The molecule has 0 fully saturated rings. The summed E-state index contributed by atoms with van der Waals surface area (Å²) < 4.78 is 5.48. The Hall–Kier alpha value is -2.44. The average Bonchev–Trinajstić information content (AvgIpc) is 3.47. The van der Waals surface area contributed by atoms with Crippen molar-refractivity contribution in [2.24, 2.45) is 0 Å². The molecular weight excluding hydrogens is 995 g/mol. The Morgan fingerprint density at radius 2 is 0.617 bits per heavy atom. The number of ether oxygens (including phenoxy) is 1. The lowest BCUT2D eigenvalue weighted by Gasteiger charge is -2.20. The van der Waals surface area contributed by atoms with Gasteiger partial charge in [0.1, 0.15) is 0 Å². The number of carbonyl (C=O) groups is 2. The van der Waals surface area contributed by atoms with E-state index in [1.165, 1.54) is 295 Å². The third kappa shape index (κ3) is 66.6. The smallest absolute Gasteiger partial charge is 0.305 e. The molecule has 2 unspecified atom stereocenters. The van der Waals surface area contributed by atoms with E-state index in [4.69, 9.17) is 4.74 Å². The third-order valence-corrected chi connectivity index (χ3v) is 16.5. The van der Waals surface area contributed by atoms with Gasteiger partial charge in [-0.25, -0.2) is 0 Å². The molecule has 6 nitrogen and oxygen atoms in total. The van der Waals surface area contributed by atoms with Crippen LogP contribution < -0.4 is 5.32 Å². The second kappa shape index (κ2) is 70.0. The number of hydrogen-bond acceptors (Lipinski definition) is 5. The van der Waals surface area contributed by atoms with E-state index in [0.29, 0.717) is 19.4 Å². The van der Waals surface area contributed by atoms with Crippen LogP contribution in [-0.2, 0) is 14.3 Å². The highest BCUT2D eigenvalue weighted by molar-refractivity contribution is 5.76. The van der Waals surface area contributed by atoms with Crippen LogP contribution in [0.1, 0.15) is 380 Å². The Morgan fingerprint density at radius 1 is 0.346 bits per heavy atom. The molecule has 3 N–H and O–H groups in total. The summed E-state index contributed by atoms with van der Waals surface area (Å²) in [6.45, 7) is 4.89. The molecule has 2 atom stereocenters. The van der Waals surface area contributed by atoms with Crippen LogP contribution in [0.15, 0.2) is 60.8 Å². The van der Waals surface area contributed by atoms with Crippen LogP contribution in [0.25, 0.3) is 0 Å². The third-order valence-electron chi connectivity index (χ3n) is 16.5. The van der Waals surface area contributed by atoms with Crippen LogP contribution in [0.2, 0.25) is 0 Å². The number of rotatable bonds is 67. The van der Waals surface area contributed by atoms with Crippen LogP contribution in [0.3, 0.4) is 0 Å². The fraction of sp³-hybridized carbons (Fsp3) is 0.840. The summed E-state index contributed by atoms with van der Waals surface area (Å²) in [6.07, 6.45) is 93.0. The zero-order chi connectivity index (χ0) is 58.5. The topological polar surface area (TPSA) is 95.9 Å². The first-order valence-electron chi connectivity index (χ1n) is 36.1. The van der Waals surface area contributed by atoms with Crippen LogP contribution >= 0.6 is 0 Å². The summed E-state index contributed by atoms with van der Waals surface area (Å²) in [6, 6.07) is -0.633. The van der Waals surface area contributed by atoms with Gasteiger partial charge in [-0.2, -0.15) is 0 Å². The molecule has 0 aliphatic carbocycles. The standard InChI is InChI=1S/C75H139NO5/c1-3-5-7-9-11-13-15-17-19-20-21-22-30-33-36-40-43-47-51-55-59-63-67-73(78)72(71-77)76-74(79)68-64-60-56-52-48-44-41-37-34-31-28-26-24-23-25-27-29-32-35-38-42-46-50-54-58-62-66-70-81-75(80)69-65-61-57-53-49-45-39-18-16-14-12-10-8-6-4-2/h12,14,18,23-24,27,29,39,63,67,72-73,77-78H,3-11,13,15-17,19-22,25-26,28,30-38,40-62,64-66,68-71H2,1-2H3,(H,76,79)/b14-12-,24-23-,29-27-,39-18-,67-63+. The van der Waals surface area contributed by atoms with Gasteiger partial charge in [0.2, 0.25) is 5.91 Å². The van der Waals surface area contributed by atoms with Crippen LogP contribution in [0.4, 0.5) is 0 Å². The van der Waals surface area contributed by atoms with Gasteiger partial charge in [0.05, 0.1) is 25.4 Å². The van der Waals surface area contributed by atoms with Crippen molar-refractivity contribution in [1.82, 2.24) is 5.32 Å². The SMILES string of the molecule is CCCCC/C=C\C/C=C\CCCCCCCC(=O)OCCCCCCCCCCC/C=C\C/C=C\CCCCCCCCCCCCCC(=O)NC(CO)C(O)/C=C/CCCCCCCCCCCCCCCCCCCCCC. The Morgan fingerprint density at radius 3 is 0.963 bits per heavy atom. The molecule has 0 aromatic rings. The monoisotopic (exact) mass is 1130 g/mol. The predicted molar refractivity (Wildman–Crippen MR) is 356 cm³/mol. The fourth-order valence-corrected chi connectivity index (χ4v) is 11.0. The van der Waals surface area contributed by atoms with Gasteiger partial charge < -0.3 is 20.3 Å². The lowest BCUT2D eigenvalue weighted by atomic mass is 10.0. The number of amides is 1. The molecule has 0 aliphatic heterocycles. The maximum Gasteiger partial charge on any atom is 0.305 e. The van der Waals surface area contributed by atoms with Crippen molar-refractivity contribution >= 4 is 11.9 Å². The summed E-state index contributed by atoms with van der Waals surface area (Å²) in [7, 11) is 0. The molecule has 474 valence electrons. The van der Waals surface area contributed by atoms with Crippen LogP contribution in [-0.4, -0.2) is 47.4 Å². The maximum atomic E-state index is 12.5. The van der Waals surface area contributed by atoms with Gasteiger partial charge in [-0.1, -0.05) is 331 Å². The van der Waals surface area contributed by atoms with E-state index >= 15 is 0 Å². The lowest BCUT2D eigenvalue weighted by Crippen LogP contribution is -2.45. The minimum atomic E-state index is -0.849. The molecule has 1 amide bonds. The number of aliphatic hydroxyl groups excluding tert-OH is 2. The molecule has 0 bridgehead atoms. The van der Waals surface area contributed by atoms with Crippen molar-refractivity contribution in [2.75, 3.05) is 13.2 Å². The summed E-state index contributed by atoms with van der Waals surface area (Å²) in [5.41, 5.74) is 0. The van der Waals surface area contributed by atoms with E-state index in [2.05, 4.69) is 67.8 Å². The minimum absolute atomic E-state index is 0.00383. The summed E-state index contributed by atoms with van der Waals surface area (Å²) in [5.74, 6) is -0.0722. The van der Waals surface area contributed by atoms with Crippen molar-refractivity contribution in [2.45, 2.75) is 392 Å². The molecule has 0 radical (unpaired) electrons. The Balaban J connectivity index is 3.45. The van der Waals surface area contributed by atoms with E-state index in [1.807, 2.05) is 6.08 Å².